The fourth-order valence-electron chi connectivity index (χ4n) is 2.96. The van der Waals surface area contributed by atoms with Crippen LogP contribution in [-0.2, 0) is 22.6 Å². The summed E-state index contributed by atoms with van der Waals surface area (Å²) in [7, 11) is 1.50. The zero-order valence-electron chi connectivity index (χ0n) is 15.3. The number of nitrogens with zero attached hydrogens (tertiary/aromatic N) is 4. The molecule has 0 radical (unpaired) electrons. The van der Waals surface area contributed by atoms with Crippen molar-refractivity contribution in [2.24, 2.45) is 0 Å². The summed E-state index contributed by atoms with van der Waals surface area (Å²) in [6, 6.07) is 6.95. The Morgan fingerprint density at radius 3 is 2.59 bits per heavy atom. The number of aromatic nitrogens is 4. The molecule has 0 fully saturated rings. The standard InChI is InChI=1S/C18H20N4O5/c1-4-21-17(24)15-16(19-11-20(15)10-14(23)27-5-2)22(18(21)25)12-8-6-7-9-13(12)26-3/h6-9,11H,4-5,10H2,1-3H3. The highest BCUT2D eigenvalue weighted by Gasteiger charge is 2.21. The van der Waals surface area contributed by atoms with Gasteiger partial charge in [-0.25, -0.2) is 14.3 Å². The lowest BCUT2D eigenvalue weighted by atomic mass is 10.3. The van der Waals surface area contributed by atoms with Crippen LogP contribution in [0.25, 0.3) is 16.9 Å². The minimum Gasteiger partial charge on any atom is -0.495 e. The average Bonchev–Trinajstić information content (AvgIpc) is 3.06. The molecular weight excluding hydrogens is 352 g/mol. The van der Waals surface area contributed by atoms with Gasteiger partial charge < -0.3 is 14.0 Å². The molecule has 0 aliphatic carbocycles. The Hall–Kier alpha value is -3.36. The summed E-state index contributed by atoms with van der Waals surface area (Å²) >= 11 is 0. The second-order valence-electron chi connectivity index (χ2n) is 5.69. The van der Waals surface area contributed by atoms with Gasteiger partial charge in [-0.15, -0.1) is 0 Å². The number of ether oxygens (including phenoxy) is 2. The lowest BCUT2D eigenvalue weighted by molar-refractivity contribution is -0.143. The van der Waals surface area contributed by atoms with E-state index in [0.717, 1.165) is 4.57 Å². The van der Waals surface area contributed by atoms with E-state index >= 15 is 0 Å². The number of rotatable bonds is 6. The van der Waals surface area contributed by atoms with E-state index in [9.17, 15) is 14.4 Å². The van der Waals surface area contributed by atoms with Gasteiger partial charge in [0, 0.05) is 6.54 Å². The predicted molar refractivity (Wildman–Crippen MR) is 98.4 cm³/mol. The third-order valence-electron chi connectivity index (χ3n) is 4.15. The molecule has 9 nitrogen and oxygen atoms in total. The van der Waals surface area contributed by atoms with Crippen LogP contribution in [0.2, 0.25) is 0 Å². The lowest BCUT2D eigenvalue weighted by Crippen LogP contribution is -2.39. The Kier molecular flexibility index (Phi) is 5.11. The predicted octanol–water partition coefficient (Wildman–Crippen LogP) is 0.940. The van der Waals surface area contributed by atoms with E-state index in [-0.39, 0.29) is 30.9 Å². The average molecular weight is 372 g/mol. The highest BCUT2D eigenvalue weighted by atomic mass is 16.5. The molecule has 0 bridgehead atoms. The summed E-state index contributed by atoms with van der Waals surface area (Å²) in [6.45, 7) is 3.64. The van der Waals surface area contributed by atoms with Crippen LogP contribution in [0.5, 0.6) is 5.75 Å². The van der Waals surface area contributed by atoms with Crippen molar-refractivity contribution < 1.29 is 14.3 Å². The van der Waals surface area contributed by atoms with Gasteiger partial charge in [0.25, 0.3) is 5.56 Å². The molecule has 0 unspecified atom stereocenters. The van der Waals surface area contributed by atoms with Gasteiger partial charge in [0.1, 0.15) is 12.3 Å². The first kappa shape index (κ1) is 18.4. The van der Waals surface area contributed by atoms with Gasteiger partial charge in [0.05, 0.1) is 25.7 Å². The SMILES string of the molecule is CCOC(=O)Cn1cnc2c1c(=O)n(CC)c(=O)n2-c1ccccc1OC. The first-order chi connectivity index (χ1) is 13.0. The molecule has 9 heteroatoms. The molecule has 0 spiro atoms. The highest BCUT2D eigenvalue weighted by molar-refractivity contribution is 5.76. The fourth-order valence-corrected chi connectivity index (χ4v) is 2.96. The molecule has 0 saturated carbocycles. The van der Waals surface area contributed by atoms with Gasteiger partial charge >= 0.3 is 11.7 Å². The summed E-state index contributed by atoms with van der Waals surface area (Å²) in [5, 5.41) is 0. The number of fused-ring (bicyclic) bond motifs is 1. The van der Waals surface area contributed by atoms with Crippen molar-refractivity contribution >= 4 is 17.1 Å². The van der Waals surface area contributed by atoms with E-state index in [1.54, 1.807) is 38.1 Å². The summed E-state index contributed by atoms with van der Waals surface area (Å²) < 4.78 is 14.1. The maximum absolute atomic E-state index is 13.0. The molecule has 1 aromatic carbocycles. The molecule has 3 rings (SSSR count). The van der Waals surface area contributed by atoms with Crippen molar-refractivity contribution in [3.05, 3.63) is 51.4 Å². The third kappa shape index (κ3) is 3.12. The van der Waals surface area contributed by atoms with E-state index < -0.39 is 17.2 Å². The number of para-hydroxylation sites is 2. The molecule has 142 valence electrons. The topological polar surface area (TPSA) is 97.4 Å². The smallest absolute Gasteiger partial charge is 0.337 e. The monoisotopic (exact) mass is 372 g/mol. The maximum atomic E-state index is 13.0. The van der Waals surface area contributed by atoms with Crippen LogP contribution in [-0.4, -0.2) is 38.4 Å². The van der Waals surface area contributed by atoms with Crippen LogP contribution in [0.15, 0.2) is 40.2 Å². The van der Waals surface area contributed by atoms with Crippen molar-refractivity contribution in [1.29, 1.82) is 0 Å². The molecule has 0 atom stereocenters. The summed E-state index contributed by atoms with van der Waals surface area (Å²) in [5.41, 5.74) is -0.274. The molecular formula is C18H20N4O5. The molecule has 0 saturated heterocycles. The number of hydrogen-bond acceptors (Lipinski definition) is 6. The van der Waals surface area contributed by atoms with Crippen LogP contribution >= 0.6 is 0 Å². The number of carbonyl (C=O) groups excluding carboxylic acids is 1. The first-order valence-electron chi connectivity index (χ1n) is 8.53. The second-order valence-corrected chi connectivity index (χ2v) is 5.69. The quantitative estimate of drug-likeness (QED) is 0.598. The Morgan fingerprint density at radius 2 is 1.93 bits per heavy atom. The third-order valence-corrected chi connectivity index (χ3v) is 4.15. The zero-order chi connectivity index (χ0) is 19.6. The minimum atomic E-state index is -0.527. The molecule has 0 N–H and O–H groups in total. The number of methoxy groups -OCH3 is 1. The van der Waals surface area contributed by atoms with E-state index in [1.165, 1.54) is 22.6 Å². The molecule has 2 heterocycles. The summed E-state index contributed by atoms with van der Waals surface area (Å²) in [5.74, 6) is -0.0311. The van der Waals surface area contributed by atoms with Crippen LogP contribution in [0.4, 0.5) is 0 Å². The van der Waals surface area contributed by atoms with Crippen molar-refractivity contribution in [3.63, 3.8) is 0 Å². The summed E-state index contributed by atoms with van der Waals surface area (Å²) in [6.07, 6.45) is 1.36. The van der Waals surface area contributed by atoms with Gasteiger partial charge in [-0.05, 0) is 26.0 Å². The Morgan fingerprint density at radius 1 is 1.19 bits per heavy atom. The van der Waals surface area contributed by atoms with Crippen molar-refractivity contribution in [1.82, 2.24) is 18.7 Å². The lowest BCUT2D eigenvalue weighted by Gasteiger charge is -2.14. The number of hydrogen-bond donors (Lipinski definition) is 0. The van der Waals surface area contributed by atoms with E-state index in [4.69, 9.17) is 9.47 Å². The van der Waals surface area contributed by atoms with Crippen molar-refractivity contribution in [2.45, 2.75) is 26.9 Å². The normalized spacial score (nSPS) is 10.9. The van der Waals surface area contributed by atoms with Crippen LogP contribution in [0.1, 0.15) is 13.8 Å². The highest BCUT2D eigenvalue weighted by Crippen LogP contribution is 2.23. The Balaban J connectivity index is 2.35. The largest absolute Gasteiger partial charge is 0.495 e. The van der Waals surface area contributed by atoms with Crippen molar-refractivity contribution in [3.8, 4) is 11.4 Å². The van der Waals surface area contributed by atoms with Gasteiger partial charge in [-0.1, -0.05) is 12.1 Å². The van der Waals surface area contributed by atoms with Gasteiger partial charge in [-0.2, -0.15) is 0 Å². The minimum absolute atomic E-state index is 0.149. The molecule has 0 aliphatic heterocycles. The zero-order valence-corrected chi connectivity index (χ0v) is 15.3. The molecule has 3 aromatic rings. The number of esters is 1. The van der Waals surface area contributed by atoms with Gasteiger partial charge in [-0.3, -0.25) is 14.2 Å². The Bertz CT molecular complexity index is 1110. The van der Waals surface area contributed by atoms with Gasteiger partial charge in [0.2, 0.25) is 0 Å². The van der Waals surface area contributed by atoms with E-state index in [2.05, 4.69) is 4.98 Å². The van der Waals surface area contributed by atoms with Gasteiger partial charge in [0.15, 0.2) is 11.2 Å². The van der Waals surface area contributed by atoms with E-state index in [0.29, 0.717) is 11.4 Å². The first-order valence-corrected chi connectivity index (χ1v) is 8.53. The maximum Gasteiger partial charge on any atom is 0.337 e. The molecule has 0 aliphatic rings. The van der Waals surface area contributed by atoms with Crippen LogP contribution in [0.3, 0.4) is 0 Å². The van der Waals surface area contributed by atoms with Crippen LogP contribution in [0, 0.1) is 0 Å². The fraction of sp³-hybridized carbons (Fsp3) is 0.333. The van der Waals surface area contributed by atoms with E-state index in [1.807, 2.05) is 0 Å². The summed E-state index contributed by atoms with van der Waals surface area (Å²) in [4.78, 5) is 41.9. The van der Waals surface area contributed by atoms with Crippen LogP contribution < -0.4 is 16.0 Å². The molecule has 27 heavy (non-hydrogen) atoms. The number of carbonyl (C=O) groups is 1. The van der Waals surface area contributed by atoms with Crippen molar-refractivity contribution in [2.75, 3.05) is 13.7 Å². The molecule has 0 amide bonds. The number of imidazole rings is 1. The number of benzene rings is 1. The Labute approximate surface area is 154 Å². The molecule has 2 aromatic heterocycles. The second kappa shape index (κ2) is 7.48.